The zero-order valence-corrected chi connectivity index (χ0v) is 13.9. The van der Waals surface area contributed by atoms with Gasteiger partial charge in [0.05, 0.1) is 15.0 Å². The molecule has 2 N–H and O–H groups in total. The molecule has 0 spiro atoms. The minimum atomic E-state index is -0.611. The van der Waals surface area contributed by atoms with Gasteiger partial charge in [0.1, 0.15) is 11.1 Å². The van der Waals surface area contributed by atoms with Crippen LogP contribution in [0.25, 0.3) is 11.0 Å². The van der Waals surface area contributed by atoms with E-state index in [0.29, 0.717) is 16.1 Å². The molecule has 0 saturated carbocycles. The van der Waals surface area contributed by atoms with Gasteiger partial charge in [0.2, 0.25) is 5.55 Å². The van der Waals surface area contributed by atoms with Crippen LogP contribution in [0.15, 0.2) is 46.9 Å². The van der Waals surface area contributed by atoms with Gasteiger partial charge in [0, 0.05) is 23.2 Å². The highest BCUT2D eigenvalue weighted by Gasteiger charge is 2.14. The van der Waals surface area contributed by atoms with Gasteiger partial charge in [0.25, 0.3) is 11.6 Å². The Morgan fingerprint density at radius 1 is 1.12 bits per heavy atom. The van der Waals surface area contributed by atoms with Crippen molar-refractivity contribution >= 4 is 51.5 Å². The van der Waals surface area contributed by atoms with Crippen LogP contribution in [0.3, 0.4) is 0 Å². The summed E-state index contributed by atoms with van der Waals surface area (Å²) in [6.07, 6.45) is 0. The maximum atomic E-state index is 12.4. The van der Waals surface area contributed by atoms with Gasteiger partial charge in [-0.3, -0.25) is 20.3 Å². The molecule has 3 aromatic rings. The molecule has 0 fully saturated rings. The highest BCUT2D eigenvalue weighted by molar-refractivity contribution is 6.42. The van der Waals surface area contributed by atoms with Crippen LogP contribution in [0.2, 0.25) is 10.0 Å². The molecule has 0 aliphatic carbocycles. The number of carbonyl (C=O) groups excluding carboxylic acids is 1. The van der Waals surface area contributed by atoms with Gasteiger partial charge < -0.3 is 9.73 Å². The van der Waals surface area contributed by atoms with Crippen molar-refractivity contribution in [2.75, 3.05) is 5.32 Å². The van der Waals surface area contributed by atoms with Gasteiger partial charge in [-0.25, -0.2) is 0 Å². The lowest BCUT2D eigenvalue weighted by Gasteiger charge is -2.07. The number of hydrogen-bond donors (Lipinski definition) is 2. The molecule has 2 aromatic carbocycles. The van der Waals surface area contributed by atoms with Crippen LogP contribution in [0.1, 0.15) is 10.4 Å². The molecule has 0 aliphatic heterocycles. The number of non-ortho nitro benzene ring substituents is 1. The smallest absolute Gasteiger partial charge is 0.270 e. The third-order valence-corrected chi connectivity index (χ3v) is 4.12. The molecule has 0 saturated heterocycles. The fourth-order valence-corrected chi connectivity index (χ4v) is 2.48. The van der Waals surface area contributed by atoms with Crippen LogP contribution in [-0.4, -0.2) is 10.8 Å². The SMILES string of the molecule is N=c1oc2ccc([N+](=O)[O-])cc2cc1C(=O)Nc1ccc(Cl)c(Cl)c1. The van der Waals surface area contributed by atoms with E-state index in [2.05, 4.69) is 5.32 Å². The predicted octanol–water partition coefficient (Wildman–Crippen LogP) is 4.38. The molecule has 0 radical (unpaired) electrons. The van der Waals surface area contributed by atoms with Crippen molar-refractivity contribution in [1.29, 1.82) is 5.41 Å². The first-order valence-electron chi connectivity index (χ1n) is 6.88. The average Bonchev–Trinajstić information content (AvgIpc) is 2.57. The lowest BCUT2D eigenvalue weighted by molar-refractivity contribution is -0.384. The molecular formula is C16H9Cl2N3O4. The van der Waals surface area contributed by atoms with Crippen LogP contribution >= 0.6 is 23.2 Å². The summed E-state index contributed by atoms with van der Waals surface area (Å²) < 4.78 is 5.27. The van der Waals surface area contributed by atoms with Crippen molar-refractivity contribution in [1.82, 2.24) is 0 Å². The third kappa shape index (κ3) is 3.47. The number of nitro groups is 1. The molecule has 25 heavy (non-hydrogen) atoms. The second kappa shape index (κ2) is 6.54. The number of hydrogen-bond acceptors (Lipinski definition) is 5. The van der Waals surface area contributed by atoms with E-state index in [1.165, 1.54) is 36.4 Å². The highest BCUT2D eigenvalue weighted by atomic mass is 35.5. The monoisotopic (exact) mass is 377 g/mol. The van der Waals surface area contributed by atoms with Gasteiger partial charge >= 0.3 is 0 Å². The number of nitrogens with zero attached hydrogens (tertiary/aromatic N) is 1. The minimum absolute atomic E-state index is 0.0703. The summed E-state index contributed by atoms with van der Waals surface area (Å²) in [5.74, 6) is -0.611. The molecule has 126 valence electrons. The van der Waals surface area contributed by atoms with Gasteiger partial charge in [0.15, 0.2) is 0 Å². The third-order valence-electron chi connectivity index (χ3n) is 3.38. The molecule has 7 nitrogen and oxygen atoms in total. The first-order valence-corrected chi connectivity index (χ1v) is 7.64. The number of fused-ring (bicyclic) bond motifs is 1. The summed E-state index contributed by atoms with van der Waals surface area (Å²) >= 11 is 11.7. The fraction of sp³-hybridized carbons (Fsp3) is 0. The molecule has 1 aromatic heterocycles. The number of amides is 1. The summed E-state index contributed by atoms with van der Waals surface area (Å²) in [5.41, 5.74) is 0.0777. The molecular weight excluding hydrogens is 369 g/mol. The zero-order chi connectivity index (χ0) is 18.1. The summed E-state index contributed by atoms with van der Waals surface area (Å²) in [4.78, 5) is 22.7. The standard InChI is InChI=1S/C16H9Cl2N3O4/c17-12-3-1-9(7-13(12)18)20-16(22)11-6-8-5-10(21(23)24)2-4-14(8)25-15(11)19/h1-7,19H,(H,20,22). The van der Waals surface area contributed by atoms with Crippen LogP contribution in [-0.2, 0) is 0 Å². The van der Waals surface area contributed by atoms with Crippen molar-refractivity contribution in [3.8, 4) is 0 Å². The normalized spacial score (nSPS) is 10.6. The number of nitro benzene ring substituents is 1. The lowest BCUT2D eigenvalue weighted by Crippen LogP contribution is -2.20. The minimum Gasteiger partial charge on any atom is -0.438 e. The Labute approximate surface area is 150 Å². The van der Waals surface area contributed by atoms with Gasteiger partial charge in [-0.1, -0.05) is 23.2 Å². The highest BCUT2D eigenvalue weighted by Crippen LogP contribution is 2.25. The number of nitrogens with one attached hydrogen (secondary N) is 2. The second-order valence-corrected chi connectivity index (χ2v) is 5.87. The second-order valence-electron chi connectivity index (χ2n) is 5.05. The first-order chi connectivity index (χ1) is 11.8. The lowest BCUT2D eigenvalue weighted by atomic mass is 10.1. The molecule has 0 atom stereocenters. The maximum Gasteiger partial charge on any atom is 0.270 e. The van der Waals surface area contributed by atoms with Crippen molar-refractivity contribution in [3.05, 3.63) is 73.7 Å². The number of halogens is 2. The summed E-state index contributed by atoms with van der Waals surface area (Å²) in [5, 5.41) is 22.2. The Morgan fingerprint density at radius 3 is 2.56 bits per heavy atom. The van der Waals surface area contributed by atoms with Crippen LogP contribution in [0, 0.1) is 15.5 Å². The summed E-state index contributed by atoms with van der Waals surface area (Å²) in [7, 11) is 0. The molecule has 0 bridgehead atoms. The van der Waals surface area contributed by atoms with Gasteiger partial charge in [-0.15, -0.1) is 0 Å². The number of rotatable bonds is 3. The van der Waals surface area contributed by atoms with Gasteiger partial charge in [-0.05, 0) is 30.3 Å². The topological polar surface area (TPSA) is 109 Å². The van der Waals surface area contributed by atoms with E-state index < -0.39 is 10.8 Å². The first kappa shape index (κ1) is 16.9. The van der Waals surface area contributed by atoms with Gasteiger partial charge in [-0.2, -0.15) is 0 Å². The van der Waals surface area contributed by atoms with Crippen molar-refractivity contribution < 1.29 is 14.1 Å². The number of anilines is 1. The molecule has 1 amide bonds. The van der Waals surface area contributed by atoms with E-state index in [1.807, 2.05) is 0 Å². The molecule has 9 heteroatoms. The zero-order valence-electron chi connectivity index (χ0n) is 12.4. The van der Waals surface area contributed by atoms with Crippen molar-refractivity contribution in [3.63, 3.8) is 0 Å². The van der Waals surface area contributed by atoms with E-state index in [9.17, 15) is 14.9 Å². The average molecular weight is 378 g/mol. The van der Waals surface area contributed by atoms with E-state index in [0.717, 1.165) is 0 Å². The Balaban J connectivity index is 1.99. The molecule has 0 unspecified atom stereocenters. The van der Waals surface area contributed by atoms with Crippen molar-refractivity contribution in [2.45, 2.75) is 0 Å². The maximum absolute atomic E-state index is 12.4. The number of benzene rings is 2. The quantitative estimate of drug-likeness (QED) is 0.521. The Hall–Kier alpha value is -2.90. The van der Waals surface area contributed by atoms with Crippen molar-refractivity contribution in [2.24, 2.45) is 0 Å². The Bertz CT molecular complexity index is 1080. The van der Waals surface area contributed by atoms with Crippen LogP contribution in [0.4, 0.5) is 11.4 Å². The molecule has 3 rings (SSSR count). The molecule has 0 aliphatic rings. The fourth-order valence-electron chi connectivity index (χ4n) is 2.18. The number of carbonyl (C=O) groups is 1. The predicted molar refractivity (Wildman–Crippen MR) is 93.1 cm³/mol. The summed E-state index contributed by atoms with van der Waals surface area (Å²) in [6.45, 7) is 0. The molecule has 1 heterocycles. The largest absolute Gasteiger partial charge is 0.438 e. The Morgan fingerprint density at radius 2 is 1.88 bits per heavy atom. The van der Waals surface area contributed by atoms with Crippen LogP contribution in [0.5, 0.6) is 0 Å². The Kier molecular flexibility index (Phi) is 4.43. The van der Waals surface area contributed by atoms with E-state index in [4.69, 9.17) is 33.0 Å². The summed E-state index contributed by atoms with van der Waals surface area (Å²) in [6, 6.07) is 9.82. The van der Waals surface area contributed by atoms with E-state index in [-0.39, 0.29) is 27.4 Å². The van der Waals surface area contributed by atoms with E-state index in [1.54, 1.807) is 6.07 Å². The van der Waals surface area contributed by atoms with E-state index >= 15 is 0 Å². The van der Waals surface area contributed by atoms with Crippen LogP contribution < -0.4 is 10.9 Å².